The zero-order chi connectivity index (χ0) is 16.2. The predicted molar refractivity (Wildman–Crippen MR) is 88.3 cm³/mol. The lowest BCUT2D eigenvalue weighted by atomic mass is 10.1. The molecular formula is C17H16N2O3S. The summed E-state index contributed by atoms with van der Waals surface area (Å²) in [7, 11) is 0. The summed E-state index contributed by atoms with van der Waals surface area (Å²) in [5, 5.41) is 18.5. The highest BCUT2D eigenvalue weighted by molar-refractivity contribution is 7.10. The summed E-state index contributed by atoms with van der Waals surface area (Å²) >= 11 is 1.47. The van der Waals surface area contributed by atoms with Crippen LogP contribution in [0.25, 0.3) is 11.3 Å². The number of carbonyl (C=O) groups is 1. The number of hydrogen-bond acceptors (Lipinski definition) is 5. The van der Waals surface area contributed by atoms with Gasteiger partial charge >= 0.3 is 0 Å². The smallest absolute Gasteiger partial charge is 0.273 e. The fraction of sp³-hybridized carbons (Fsp3) is 0.176. The highest BCUT2D eigenvalue weighted by Crippen LogP contribution is 2.23. The molecule has 0 spiro atoms. The largest absolute Gasteiger partial charge is 0.386 e. The van der Waals surface area contributed by atoms with E-state index in [1.54, 1.807) is 6.07 Å². The van der Waals surface area contributed by atoms with Gasteiger partial charge in [-0.05, 0) is 23.9 Å². The van der Waals surface area contributed by atoms with Crippen LogP contribution in [0.5, 0.6) is 0 Å². The first-order valence-electron chi connectivity index (χ1n) is 7.17. The van der Waals surface area contributed by atoms with E-state index in [2.05, 4.69) is 10.5 Å². The molecule has 118 valence electrons. The van der Waals surface area contributed by atoms with Gasteiger partial charge in [-0.2, -0.15) is 0 Å². The van der Waals surface area contributed by atoms with Gasteiger partial charge in [0.15, 0.2) is 11.5 Å². The normalized spacial score (nSPS) is 12.1. The van der Waals surface area contributed by atoms with Crippen LogP contribution in [0, 0.1) is 6.92 Å². The van der Waals surface area contributed by atoms with Crippen molar-refractivity contribution in [3.8, 4) is 11.3 Å². The molecule has 0 aliphatic heterocycles. The van der Waals surface area contributed by atoms with Gasteiger partial charge in [0.25, 0.3) is 5.91 Å². The fourth-order valence-corrected chi connectivity index (χ4v) is 3.13. The Kier molecular flexibility index (Phi) is 4.55. The van der Waals surface area contributed by atoms with Gasteiger partial charge in [-0.25, -0.2) is 0 Å². The Morgan fingerprint density at radius 3 is 2.83 bits per heavy atom. The third-order valence-electron chi connectivity index (χ3n) is 3.46. The zero-order valence-corrected chi connectivity index (χ0v) is 13.3. The number of nitrogens with zero attached hydrogens (tertiary/aromatic N) is 1. The van der Waals surface area contributed by atoms with Gasteiger partial charge in [0.2, 0.25) is 0 Å². The molecule has 0 aliphatic carbocycles. The Balaban J connectivity index is 1.63. The van der Waals surface area contributed by atoms with E-state index in [-0.39, 0.29) is 18.1 Å². The zero-order valence-electron chi connectivity index (χ0n) is 12.5. The van der Waals surface area contributed by atoms with Crippen molar-refractivity contribution < 1.29 is 14.4 Å². The van der Waals surface area contributed by atoms with Crippen LogP contribution in [-0.2, 0) is 0 Å². The van der Waals surface area contributed by atoms with E-state index in [1.165, 1.54) is 11.3 Å². The SMILES string of the molecule is Cc1ccsc1C(O)CNC(=O)c1cc(-c2ccccc2)on1. The minimum atomic E-state index is -0.723. The van der Waals surface area contributed by atoms with Gasteiger partial charge in [0.1, 0.15) is 6.10 Å². The standard InChI is InChI=1S/C17H16N2O3S/c1-11-7-8-23-16(11)14(20)10-18-17(21)13-9-15(22-19-13)12-5-3-2-4-6-12/h2-9,14,20H,10H2,1H3,(H,18,21). The fourth-order valence-electron chi connectivity index (χ4n) is 2.22. The Morgan fingerprint density at radius 2 is 2.13 bits per heavy atom. The molecule has 0 radical (unpaired) electrons. The van der Waals surface area contributed by atoms with E-state index in [9.17, 15) is 9.90 Å². The van der Waals surface area contributed by atoms with Gasteiger partial charge in [-0.1, -0.05) is 35.5 Å². The number of benzene rings is 1. The summed E-state index contributed by atoms with van der Waals surface area (Å²) in [6, 6.07) is 13.0. The third-order valence-corrected chi connectivity index (χ3v) is 4.58. The Labute approximate surface area is 137 Å². The van der Waals surface area contributed by atoms with Crippen molar-refractivity contribution in [2.45, 2.75) is 13.0 Å². The molecule has 2 N–H and O–H groups in total. The van der Waals surface area contributed by atoms with Crippen LogP contribution in [0.2, 0.25) is 0 Å². The second kappa shape index (κ2) is 6.76. The number of thiophene rings is 1. The van der Waals surface area contributed by atoms with Crippen molar-refractivity contribution in [2.75, 3.05) is 6.54 Å². The van der Waals surface area contributed by atoms with Gasteiger partial charge in [-0.15, -0.1) is 11.3 Å². The van der Waals surface area contributed by atoms with Crippen LogP contribution in [0.3, 0.4) is 0 Å². The summed E-state index contributed by atoms with van der Waals surface area (Å²) in [5.74, 6) is 0.162. The maximum atomic E-state index is 12.1. The monoisotopic (exact) mass is 328 g/mol. The van der Waals surface area contributed by atoms with Crippen molar-refractivity contribution in [1.82, 2.24) is 10.5 Å². The number of aromatic nitrogens is 1. The first-order valence-corrected chi connectivity index (χ1v) is 8.05. The van der Waals surface area contributed by atoms with Crippen molar-refractivity contribution in [3.05, 3.63) is 64.0 Å². The molecule has 0 fully saturated rings. The van der Waals surface area contributed by atoms with Crippen LogP contribution < -0.4 is 5.32 Å². The molecule has 1 unspecified atom stereocenters. The molecule has 3 aromatic rings. The Hall–Kier alpha value is -2.44. The molecule has 1 aromatic carbocycles. The van der Waals surface area contributed by atoms with Gasteiger partial charge in [0, 0.05) is 23.1 Å². The maximum absolute atomic E-state index is 12.1. The molecule has 0 aliphatic rings. The van der Waals surface area contributed by atoms with Gasteiger partial charge < -0.3 is 14.9 Å². The first kappa shape index (κ1) is 15.5. The number of carbonyl (C=O) groups excluding carboxylic acids is 1. The Morgan fingerprint density at radius 1 is 1.35 bits per heavy atom. The molecule has 3 rings (SSSR count). The molecule has 0 saturated carbocycles. The van der Waals surface area contributed by atoms with E-state index >= 15 is 0 Å². The summed E-state index contributed by atoms with van der Waals surface area (Å²) in [6.45, 7) is 2.06. The molecular weight excluding hydrogens is 312 g/mol. The second-order valence-electron chi connectivity index (χ2n) is 5.14. The van der Waals surface area contributed by atoms with E-state index in [0.29, 0.717) is 5.76 Å². The number of aryl methyl sites for hydroxylation is 1. The molecule has 1 atom stereocenters. The minimum absolute atomic E-state index is 0.133. The highest BCUT2D eigenvalue weighted by atomic mass is 32.1. The van der Waals surface area contributed by atoms with E-state index in [0.717, 1.165) is 16.0 Å². The maximum Gasteiger partial charge on any atom is 0.273 e. The minimum Gasteiger partial charge on any atom is -0.386 e. The van der Waals surface area contributed by atoms with E-state index in [4.69, 9.17) is 4.52 Å². The van der Waals surface area contributed by atoms with E-state index in [1.807, 2.05) is 48.7 Å². The number of amides is 1. The van der Waals surface area contributed by atoms with E-state index < -0.39 is 6.10 Å². The number of aliphatic hydroxyl groups is 1. The van der Waals surface area contributed by atoms with Gasteiger partial charge in [0.05, 0.1) is 0 Å². The summed E-state index contributed by atoms with van der Waals surface area (Å²) in [6.07, 6.45) is -0.723. The van der Waals surface area contributed by atoms with Crippen molar-refractivity contribution in [3.63, 3.8) is 0 Å². The number of hydrogen-bond donors (Lipinski definition) is 2. The van der Waals surface area contributed by atoms with Crippen LogP contribution in [0.4, 0.5) is 0 Å². The molecule has 2 aromatic heterocycles. The van der Waals surface area contributed by atoms with Gasteiger partial charge in [-0.3, -0.25) is 4.79 Å². The lowest BCUT2D eigenvalue weighted by Gasteiger charge is -2.10. The number of rotatable bonds is 5. The highest BCUT2D eigenvalue weighted by Gasteiger charge is 2.17. The second-order valence-corrected chi connectivity index (χ2v) is 6.08. The Bertz CT molecular complexity index is 795. The molecule has 5 nitrogen and oxygen atoms in total. The molecule has 0 saturated heterocycles. The summed E-state index contributed by atoms with van der Waals surface area (Å²) in [5.41, 5.74) is 2.07. The van der Waals surface area contributed by atoms with Crippen LogP contribution in [-0.4, -0.2) is 22.7 Å². The topological polar surface area (TPSA) is 75.4 Å². The third kappa shape index (κ3) is 3.49. The lowest BCUT2D eigenvalue weighted by molar-refractivity contribution is 0.0909. The van der Waals surface area contributed by atoms with Crippen LogP contribution in [0.15, 0.2) is 52.4 Å². The summed E-state index contributed by atoms with van der Waals surface area (Å²) < 4.78 is 5.20. The quantitative estimate of drug-likeness (QED) is 0.754. The molecule has 2 heterocycles. The van der Waals surface area contributed by atoms with Crippen molar-refractivity contribution >= 4 is 17.2 Å². The van der Waals surface area contributed by atoms with Crippen LogP contribution >= 0.6 is 11.3 Å². The number of aliphatic hydroxyl groups excluding tert-OH is 1. The van der Waals surface area contributed by atoms with Crippen molar-refractivity contribution in [1.29, 1.82) is 0 Å². The average Bonchev–Trinajstić information content (AvgIpc) is 3.22. The number of nitrogens with one attached hydrogen (secondary N) is 1. The molecule has 23 heavy (non-hydrogen) atoms. The molecule has 0 bridgehead atoms. The van der Waals surface area contributed by atoms with Crippen LogP contribution in [0.1, 0.15) is 27.0 Å². The summed E-state index contributed by atoms with van der Waals surface area (Å²) in [4.78, 5) is 13.0. The molecule has 6 heteroatoms. The van der Waals surface area contributed by atoms with Crippen molar-refractivity contribution in [2.24, 2.45) is 0 Å². The first-order chi connectivity index (χ1) is 11.1. The lowest BCUT2D eigenvalue weighted by Crippen LogP contribution is -2.28. The molecule has 1 amide bonds. The average molecular weight is 328 g/mol. The predicted octanol–water partition coefficient (Wildman–Crippen LogP) is 3.17.